The number of hydrogen-bond donors (Lipinski definition) is 1. The van der Waals surface area contributed by atoms with Gasteiger partial charge in [0.25, 0.3) is 0 Å². The molecule has 0 saturated carbocycles. The summed E-state index contributed by atoms with van der Waals surface area (Å²) in [7, 11) is 0. The molecule has 0 aromatic heterocycles. The Morgan fingerprint density at radius 2 is 2.20 bits per heavy atom. The highest BCUT2D eigenvalue weighted by atomic mass is 16.1. The van der Waals surface area contributed by atoms with E-state index in [0.29, 0.717) is 6.04 Å². The van der Waals surface area contributed by atoms with E-state index in [2.05, 4.69) is 12.2 Å². The lowest BCUT2D eigenvalue weighted by molar-refractivity contribution is -0.119. The van der Waals surface area contributed by atoms with Gasteiger partial charge in [-0.3, -0.25) is 4.79 Å². The van der Waals surface area contributed by atoms with Gasteiger partial charge in [0.1, 0.15) is 5.78 Å². The monoisotopic (exact) mass is 141 g/mol. The fourth-order valence-electron chi connectivity index (χ4n) is 1.46. The van der Waals surface area contributed by atoms with Crippen LogP contribution in [0.2, 0.25) is 0 Å². The van der Waals surface area contributed by atoms with Gasteiger partial charge in [-0.25, -0.2) is 0 Å². The minimum absolute atomic E-state index is 0.142. The Balaban J connectivity index is 2.39. The lowest BCUT2D eigenvalue weighted by Gasteiger charge is -2.26. The standard InChI is InChI=1S/C8H15NO/c1-6-4-3-5-8(9-6)7(2)10/h6,8-9H,3-5H2,1-2H3/t6-,8+/m1/s1. The van der Waals surface area contributed by atoms with E-state index in [-0.39, 0.29) is 11.8 Å². The van der Waals surface area contributed by atoms with Crippen molar-refractivity contribution in [2.24, 2.45) is 0 Å². The van der Waals surface area contributed by atoms with E-state index in [9.17, 15) is 4.79 Å². The Hall–Kier alpha value is -0.370. The van der Waals surface area contributed by atoms with Crippen molar-refractivity contribution < 1.29 is 4.79 Å². The molecule has 0 radical (unpaired) electrons. The van der Waals surface area contributed by atoms with Gasteiger partial charge in [0, 0.05) is 6.04 Å². The number of carbonyl (C=O) groups is 1. The smallest absolute Gasteiger partial charge is 0.146 e. The van der Waals surface area contributed by atoms with Gasteiger partial charge in [-0.15, -0.1) is 0 Å². The van der Waals surface area contributed by atoms with E-state index in [1.54, 1.807) is 6.92 Å². The molecule has 1 aliphatic heterocycles. The summed E-state index contributed by atoms with van der Waals surface area (Å²) >= 11 is 0. The van der Waals surface area contributed by atoms with Crippen LogP contribution in [0.15, 0.2) is 0 Å². The number of ketones is 1. The summed E-state index contributed by atoms with van der Waals surface area (Å²) in [5.41, 5.74) is 0. The SMILES string of the molecule is CC(=O)[C@@H]1CCC[C@@H](C)N1. The van der Waals surface area contributed by atoms with Gasteiger partial charge in [0.05, 0.1) is 6.04 Å². The molecule has 0 unspecified atom stereocenters. The Kier molecular flexibility index (Phi) is 2.44. The zero-order valence-corrected chi connectivity index (χ0v) is 6.68. The minimum Gasteiger partial charge on any atom is -0.305 e. The molecule has 1 N–H and O–H groups in total. The molecule has 2 atom stereocenters. The van der Waals surface area contributed by atoms with E-state index >= 15 is 0 Å². The molecule has 0 bridgehead atoms. The molecule has 2 nitrogen and oxygen atoms in total. The molecule has 58 valence electrons. The number of Topliss-reactive ketones (excluding diaryl/α,β-unsaturated/α-hetero) is 1. The van der Waals surface area contributed by atoms with Gasteiger partial charge in [-0.05, 0) is 33.1 Å². The van der Waals surface area contributed by atoms with Crippen molar-refractivity contribution in [2.45, 2.75) is 45.2 Å². The third-order valence-electron chi connectivity index (χ3n) is 2.11. The predicted octanol–water partition coefficient (Wildman–Crippen LogP) is 1.11. The highest BCUT2D eigenvalue weighted by Gasteiger charge is 2.20. The highest BCUT2D eigenvalue weighted by Crippen LogP contribution is 2.12. The average molecular weight is 141 g/mol. The molecule has 2 heteroatoms. The maximum absolute atomic E-state index is 10.9. The van der Waals surface area contributed by atoms with Crippen molar-refractivity contribution in [1.82, 2.24) is 5.32 Å². The van der Waals surface area contributed by atoms with Crippen molar-refractivity contribution >= 4 is 5.78 Å². The summed E-state index contributed by atoms with van der Waals surface area (Å²) in [5.74, 6) is 0.284. The van der Waals surface area contributed by atoms with Crippen LogP contribution in [0.5, 0.6) is 0 Å². The maximum Gasteiger partial charge on any atom is 0.146 e. The number of hydrogen-bond acceptors (Lipinski definition) is 2. The number of nitrogens with one attached hydrogen (secondary N) is 1. The van der Waals surface area contributed by atoms with E-state index in [1.165, 1.54) is 12.8 Å². The van der Waals surface area contributed by atoms with Crippen LogP contribution < -0.4 is 5.32 Å². The van der Waals surface area contributed by atoms with Crippen molar-refractivity contribution in [3.63, 3.8) is 0 Å². The second kappa shape index (κ2) is 3.15. The highest BCUT2D eigenvalue weighted by molar-refractivity contribution is 5.81. The fourth-order valence-corrected chi connectivity index (χ4v) is 1.46. The van der Waals surface area contributed by atoms with Gasteiger partial charge in [-0.1, -0.05) is 0 Å². The van der Waals surface area contributed by atoms with Crippen LogP contribution in [0, 0.1) is 0 Å². The van der Waals surface area contributed by atoms with Crippen LogP contribution >= 0.6 is 0 Å². The van der Waals surface area contributed by atoms with Crippen LogP contribution in [0.4, 0.5) is 0 Å². The minimum atomic E-state index is 0.142. The first kappa shape index (κ1) is 7.73. The molecule has 0 spiro atoms. The van der Waals surface area contributed by atoms with E-state index < -0.39 is 0 Å². The van der Waals surface area contributed by atoms with Gasteiger partial charge in [0.15, 0.2) is 0 Å². The second-order valence-corrected chi connectivity index (χ2v) is 3.16. The van der Waals surface area contributed by atoms with Crippen LogP contribution in [0.3, 0.4) is 0 Å². The zero-order valence-electron chi connectivity index (χ0n) is 6.68. The summed E-state index contributed by atoms with van der Waals surface area (Å²) in [4.78, 5) is 10.9. The molecule has 1 heterocycles. The Bertz CT molecular complexity index is 133. The lowest BCUT2D eigenvalue weighted by atomic mass is 9.97. The summed E-state index contributed by atoms with van der Waals surface area (Å²) in [5, 5.41) is 3.27. The molecule has 1 fully saturated rings. The van der Waals surface area contributed by atoms with E-state index in [1.807, 2.05) is 0 Å². The molecule has 0 aromatic rings. The molecule has 1 rings (SSSR count). The van der Waals surface area contributed by atoms with E-state index in [4.69, 9.17) is 0 Å². The van der Waals surface area contributed by atoms with Gasteiger partial charge < -0.3 is 5.32 Å². The molecule has 10 heavy (non-hydrogen) atoms. The first-order valence-corrected chi connectivity index (χ1v) is 3.96. The normalized spacial score (nSPS) is 33.8. The Morgan fingerprint density at radius 1 is 1.50 bits per heavy atom. The van der Waals surface area contributed by atoms with Crippen molar-refractivity contribution in [2.75, 3.05) is 0 Å². The molecule has 1 aliphatic rings. The largest absolute Gasteiger partial charge is 0.305 e. The molecule has 0 amide bonds. The van der Waals surface area contributed by atoms with Crippen LogP contribution in [-0.4, -0.2) is 17.9 Å². The number of piperidine rings is 1. The summed E-state index contributed by atoms with van der Waals surface area (Å²) in [6, 6.07) is 0.673. The van der Waals surface area contributed by atoms with Gasteiger partial charge >= 0.3 is 0 Å². The third-order valence-corrected chi connectivity index (χ3v) is 2.11. The average Bonchev–Trinajstić information content (AvgIpc) is 1.88. The predicted molar refractivity (Wildman–Crippen MR) is 40.9 cm³/mol. The summed E-state index contributed by atoms with van der Waals surface area (Å²) in [6.07, 6.45) is 3.43. The van der Waals surface area contributed by atoms with E-state index in [0.717, 1.165) is 6.42 Å². The van der Waals surface area contributed by atoms with Crippen molar-refractivity contribution in [3.8, 4) is 0 Å². The number of carbonyl (C=O) groups excluding carboxylic acids is 1. The molecule has 1 saturated heterocycles. The molecule has 0 aromatic carbocycles. The van der Waals surface area contributed by atoms with Gasteiger partial charge in [0.2, 0.25) is 0 Å². The molecular weight excluding hydrogens is 126 g/mol. The first-order chi connectivity index (χ1) is 4.70. The van der Waals surface area contributed by atoms with Crippen LogP contribution in [-0.2, 0) is 4.79 Å². The van der Waals surface area contributed by atoms with Crippen molar-refractivity contribution in [3.05, 3.63) is 0 Å². The van der Waals surface area contributed by atoms with Gasteiger partial charge in [-0.2, -0.15) is 0 Å². The summed E-state index contributed by atoms with van der Waals surface area (Å²) in [6.45, 7) is 3.80. The topological polar surface area (TPSA) is 29.1 Å². The maximum atomic E-state index is 10.9. The van der Waals surface area contributed by atoms with Crippen LogP contribution in [0.25, 0.3) is 0 Å². The Labute approximate surface area is 62.0 Å². The number of rotatable bonds is 1. The third kappa shape index (κ3) is 1.81. The fraction of sp³-hybridized carbons (Fsp3) is 0.875. The first-order valence-electron chi connectivity index (χ1n) is 3.96. The molecule has 0 aliphatic carbocycles. The second-order valence-electron chi connectivity index (χ2n) is 3.16. The lowest BCUT2D eigenvalue weighted by Crippen LogP contribution is -2.44. The quantitative estimate of drug-likeness (QED) is 0.592. The Morgan fingerprint density at radius 3 is 2.60 bits per heavy atom. The zero-order chi connectivity index (χ0) is 7.56. The summed E-state index contributed by atoms with van der Waals surface area (Å²) < 4.78 is 0. The van der Waals surface area contributed by atoms with Crippen molar-refractivity contribution in [1.29, 1.82) is 0 Å². The molecular formula is C8H15NO. The van der Waals surface area contributed by atoms with Crippen LogP contribution in [0.1, 0.15) is 33.1 Å².